The van der Waals surface area contributed by atoms with Crippen LogP contribution < -0.4 is 0 Å². The Hall–Kier alpha value is -1.96. The Morgan fingerprint density at radius 2 is 2.00 bits per heavy atom. The van der Waals surface area contributed by atoms with Crippen LogP contribution in [-0.4, -0.2) is 32.6 Å². The van der Waals surface area contributed by atoms with Crippen LogP contribution in [0.1, 0.15) is 28.8 Å². The van der Waals surface area contributed by atoms with E-state index in [0.29, 0.717) is 27.8 Å². The van der Waals surface area contributed by atoms with Crippen molar-refractivity contribution in [3.05, 3.63) is 69.0 Å². The first-order valence-corrected chi connectivity index (χ1v) is 10.3. The van der Waals surface area contributed by atoms with Crippen LogP contribution in [0.25, 0.3) is 6.08 Å². The molecule has 138 valence electrons. The standard InChI is InChI=1S/C20H16BrNO3S2/c21-14-6-3-5-13(11-14)12-18-19(25)22(20(26)27-18)10-4-9-17(24)15-7-1-2-8-16(15)23/h1-3,5-8,11-12,23H,4,9-10H2/b18-12-. The average Bonchev–Trinajstić information content (AvgIpc) is 2.89. The zero-order valence-electron chi connectivity index (χ0n) is 14.2. The lowest BCUT2D eigenvalue weighted by Crippen LogP contribution is -2.29. The van der Waals surface area contributed by atoms with E-state index in [1.807, 2.05) is 30.3 Å². The third-order valence-corrected chi connectivity index (χ3v) is 5.88. The van der Waals surface area contributed by atoms with E-state index in [1.54, 1.807) is 18.2 Å². The maximum atomic E-state index is 12.6. The van der Waals surface area contributed by atoms with Gasteiger partial charge in [-0.3, -0.25) is 14.5 Å². The third kappa shape index (κ3) is 4.86. The molecule has 0 bridgehead atoms. The molecular formula is C20H16BrNO3S2. The minimum absolute atomic E-state index is 0.0231. The van der Waals surface area contributed by atoms with Gasteiger partial charge < -0.3 is 5.11 Å². The Kier molecular flexibility index (Phi) is 6.46. The van der Waals surface area contributed by atoms with Gasteiger partial charge in [0.1, 0.15) is 10.1 Å². The van der Waals surface area contributed by atoms with Gasteiger partial charge in [0.2, 0.25) is 0 Å². The number of para-hydroxylation sites is 1. The van der Waals surface area contributed by atoms with Gasteiger partial charge in [-0.2, -0.15) is 0 Å². The Morgan fingerprint density at radius 3 is 2.74 bits per heavy atom. The van der Waals surface area contributed by atoms with Crippen LogP contribution in [-0.2, 0) is 4.79 Å². The van der Waals surface area contributed by atoms with Gasteiger partial charge in [-0.05, 0) is 42.3 Å². The number of rotatable bonds is 6. The number of carbonyl (C=O) groups is 2. The first-order chi connectivity index (χ1) is 13.0. The lowest BCUT2D eigenvalue weighted by Gasteiger charge is -2.14. The number of Topliss-reactive ketones (excluding diaryl/α,β-unsaturated/α-hetero) is 1. The van der Waals surface area contributed by atoms with E-state index in [9.17, 15) is 14.7 Å². The smallest absolute Gasteiger partial charge is 0.266 e. The van der Waals surface area contributed by atoms with Crippen LogP contribution in [0.2, 0.25) is 0 Å². The van der Waals surface area contributed by atoms with Crippen molar-refractivity contribution in [2.75, 3.05) is 6.54 Å². The molecule has 0 saturated carbocycles. The van der Waals surface area contributed by atoms with E-state index in [-0.39, 0.29) is 23.9 Å². The minimum atomic E-state index is -0.150. The van der Waals surface area contributed by atoms with E-state index < -0.39 is 0 Å². The highest BCUT2D eigenvalue weighted by molar-refractivity contribution is 9.10. The highest BCUT2D eigenvalue weighted by Gasteiger charge is 2.31. The number of ketones is 1. The molecule has 1 fully saturated rings. The van der Waals surface area contributed by atoms with E-state index >= 15 is 0 Å². The first kappa shape index (κ1) is 19.8. The van der Waals surface area contributed by atoms with E-state index in [2.05, 4.69) is 15.9 Å². The molecule has 1 saturated heterocycles. The summed E-state index contributed by atoms with van der Waals surface area (Å²) in [5.41, 5.74) is 1.22. The molecule has 2 aromatic rings. The van der Waals surface area contributed by atoms with Gasteiger partial charge in [-0.25, -0.2) is 0 Å². The summed E-state index contributed by atoms with van der Waals surface area (Å²) in [6, 6.07) is 14.1. The lowest BCUT2D eigenvalue weighted by atomic mass is 10.1. The summed E-state index contributed by atoms with van der Waals surface area (Å²) in [7, 11) is 0. The van der Waals surface area contributed by atoms with Crippen molar-refractivity contribution in [1.82, 2.24) is 4.90 Å². The molecule has 0 unspecified atom stereocenters. The molecule has 0 spiro atoms. The molecule has 0 aromatic heterocycles. The summed E-state index contributed by atoms with van der Waals surface area (Å²) in [6.45, 7) is 0.375. The van der Waals surface area contributed by atoms with Crippen LogP contribution in [0, 0.1) is 0 Å². The van der Waals surface area contributed by atoms with Crippen LogP contribution in [0.15, 0.2) is 57.9 Å². The highest BCUT2D eigenvalue weighted by Crippen LogP contribution is 2.33. The highest BCUT2D eigenvalue weighted by atomic mass is 79.9. The normalized spacial score (nSPS) is 15.6. The minimum Gasteiger partial charge on any atom is -0.507 e. The SMILES string of the molecule is O=C(CCCN1C(=O)/C(=C/c2cccc(Br)c2)SC1=S)c1ccccc1O. The second-order valence-corrected chi connectivity index (χ2v) is 8.52. The number of thiocarbonyl (C=S) groups is 1. The van der Waals surface area contributed by atoms with Gasteiger partial charge in [0.25, 0.3) is 5.91 Å². The fraction of sp³-hybridized carbons (Fsp3) is 0.150. The summed E-state index contributed by atoms with van der Waals surface area (Å²) in [6.07, 6.45) is 2.53. The average molecular weight is 462 g/mol. The first-order valence-electron chi connectivity index (χ1n) is 8.28. The molecule has 1 N–H and O–H groups in total. The summed E-state index contributed by atoms with van der Waals surface area (Å²) >= 11 is 10.0. The number of phenols is 1. The van der Waals surface area contributed by atoms with Crippen LogP contribution in [0.4, 0.5) is 0 Å². The van der Waals surface area contributed by atoms with E-state index in [4.69, 9.17) is 12.2 Å². The molecule has 27 heavy (non-hydrogen) atoms. The van der Waals surface area contributed by atoms with Crippen molar-refractivity contribution in [3.63, 3.8) is 0 Å². The fourth-order valence-corrected chi connectivity index (χ4v) is 4.41. The molecule has 1 heterocycles. The quantitative estimate of drug-likeness (QED) is 0.371. The number of halogens is 1. The predicted molar refractivity (Wildman–Crippen MR) is 116 cm³/mol. The van der Waals surface area contributed by atoms with Gasteiger partial charge in [-0.15, -0.1) is 0 Å². The molecule has 1 amide bonds. The van der Waals surface area contributed by atoms with E-state index in [0.717, 1.165) is 10.0 Å². The monoisotopic (exact) mass is 461 g/mol. The molecule has 2 aromatic carbocycles. The van der Waals surface area contributed by atoms with E-state index in [1.165, 1.54) is 22.7 Å². The third-order valence-electron chi connectivity index (χ3n) is 4.01. The number of carbonyl (C=O) groups excluding carboxylic acids is 2. The fourth-order valence-electron chi connectivity index (χ4n) is 2.68. The number of hydrogen-bond donors (Lipinski definition) is 1. The molecule has 7 heteroatoms. The van der Waals surface area contributed by atoms with Gasteiger partial charge >= 0.3 is 0 Å². The van der Waals surface area contributed by atoms with Gasteiger partial charge in [0, 0.05) is 17.4 Å². The number of benzene rings is 2. The molecule has 4 nitrogen and oxygen atoms in total. The number of thioether (sulfide) groups is 1. The van der Waals surface area contributed by atoms with Gasteiger partial charge in [0.05, 0.1) is 10.5 Å². The molecule has 0 radical (unpaired) electrons. The van der Waals surface area contributed by atoms with Gasteiger partial charge in [0.15, 0.2) is 5.78 Å². The Labute approximate surface area is 175 Å². The molecular weight excluding hydrogens is 446 g/mol. The summed E-state index contributed by atoms with van der Waals surface area (Å²) in [4.78, 5) is 26.9. The topological polar surface area (TPSA) is 57.6 Å². The Morgan fingerprint density at radius 1 is 1.22 bits per heavy atom. The van der Waals surface area contributed by atoms with Crippen LogP contribution in [0.5, 0.6) is 5.75 Å². The number of hydrogen-bond acceptors (Lipinski definition) is 5. The van der Waals surface area contributed by atoms with Crippen molar-refractivity contribution >= 4 is 62.0 Å². The number of phenolic OH excluding ortho intramolecular Hbond substituents is 1. The van der Waals surface area contributed by atoms with Gasteiger partial charge in [-0.1, -0.05) is 64.2 Å². The molecule has 1 aliphatic heterocycles. The van der Waals surface area contributed by atoms with Crippen molar-refractivity contribution in [2.45, 2.75) is 12.8 Å². The second-order valence-electron chi connectivity index (χ2n) is 5.93. The zero-order chi connectivity index (χ0) is 19.4. The van der Waals surface area contributed by atoms with Crippen LogP contribution in [0.3, 0.4) is 0 Å². The molecule has 1 aliphatic rings. The lowest BCUT2D eigenvalue weighted by molar-refractivity contribution is -0.122. The maximum Gasteiger partial charge on any atom is 0.266 e. The Balaban J connectivity index is 1.61. The van der Waals surface area contributed by atoms with Crippen molar-refractivity contribution in [1.29, 1.82) is 0 Å². The Bertz CT molecular complexity index is 942. The number of amides is 1. The summed E-state index contributed by atoms with van der Waals surface area (Å²) in [5, 5.41) is 9.75. The summed E-state index contributed by atoms with van der Waals surface area (Å²) < 4.78 is 1.44. The summed E-state index contributed by atoms with van der Waals surface area (Å²) in [5.74, 6) is -0.312. The van der Waals surface area contributed by atoms with Crippen molar-refractivity contribution in [3.8, 4) is 5.75 Å². The molecule has 0 aliphatic carbocycles. The van der Waals surface area contributed by atoms with Crippen molar-refractivity contribution < 1.29 is 14.7 Å². The number of aromatic hydroxyl groups is 1. The molecule has 3 rings (SSSR count). The number of nitrogens with zero attached hydrogens (tertiary/aromatic N) is 1. The maximum absolute atomic E-state index is 12.6. The van der Waals surface area contributed by atoms with Crippen molar-refractivity contribution in [2.24, 2.45) is 0 Å². The largest absolute Gasteiger partial charge is 0.507 e. The second kappa shape index (κ2) is 8.82. The zero-order valence-corrected chi connectivity index (χ0v) is 17.4. The van der Waals surface area contributed by atoms with Crippen LogP contribution >= 0.6 is 39.9 Å². The molecule has 0 atom stereocenters. The predicted octanol–water partition coefficient (Wildman–Crippen LogP) is 5.02.